The molecule has 0 aromatic heterocycles. The summed E-state index contributed by atoms with van der Waals surface area (Å²) < 4.78 is 0. The Labute approximate surface area is 195 Å². The first-order valence-electron chi connectivity index (χ1n) is 13.4. The molecule has 8 atom stereocenters. The number of nitrogens with one attached hydrogen (secondary N) is 1. The van der Waals surface area contributed by atoms with Gasteiger partial charge in [-0.2, -0.15) is 0 Å². The van der Waals surface area contributed by atoms with Crippen LogP contribution >= 0.6 is 0 Å². The maximum absolute atomic E-state index is 12.1. The predicted molar refractivity (Wildman–Crippen MR) is 132 cm³/mol. The number of nitrogens with zero attached hydrogens (tertiary/aromatic N) is 1. The first-order chi connectivity index (χ1) is 15.2. The zero-order valence-electron chi connectivity index (χ0n) is 20.9. The van der Waals surface area contributed by atoms with Gasteiger partial charge in [-0.05, 0) is 106 Å². The quantitative estimate of drug-likeness (QED) is 0.601. The molecule has 32 heavy (non-hydrogen) atoms. The lowest BCUT2D eigenvalue weighted by Crippen LogP contribution is -2.66. The third kappa shape index (κ3) is 3.47. The van der Waals surface area contributed by atoms with E-state index in [9.17, 15) is 4.79 Å². The molecule has 0 amide bonds. The minimum Gasteiger partial charge on any atom is -0.325 e. The van der Waals surface area contributed by atoms with E-state index in [-0.39, 0.29) is 16.4 Å². The van der Waals surface area contributed by atoms with Crippen LogP contribution in [-0.4, -0.2) is 36.2 Å². The third-order valence-corrected chi connectivity index (χ3v) is 10.9. The molecule has 4 nitrogen and oxygen atoms in total. The summed E-state index contributed by atoms with van der Waals surface area (Å²) in [6.07, 6.45) is 13.2. The molecular weight excluding hydrogens is 394 g/mol. The Morgan fingerprint density at radius 3 is 2.72 bits per heavy atom. The zero-order chi connectivity index (χ0) is 22.7. The Bertz CT molecular complexity index is 833. The van der Waals surface area contributed by atoms with Crippen molar-refractivity contribution in [3.05, 3.63) is 11.6 Å². The normalized spacial score (nSPS) is 48.8. The number of hydrogen-bond donors (Lipinski definition) is 2. The van der Waals surface area contributed by atoms with Gasteiger partial charge in [0.2, 0.25) is 0 Å². The highest BCUT2D eigenvalue weighted by Crippen LogP contribution is 2.67. The van der Waals surface area contributed by atoms with Gasteiger partial charge in [0.05, 0.1) is 0 Å². The number of aliphatic imine (C=N–C) groups is 1. The van der Waals surface area contributed by atoms with Crippen molar-refractivity contribution in [1.29, 1.82) is 0 Å². The van der Waals surface area contributed by atoms with E-state index in [1.54, 1.807) is 0 Å². The largest absolute Gasteiger partial charge is 0.325 e. The van der Waals surface area contributed by atoms with Gasteiger partial charge in [-0.3, -0.25) is 9.79 Å². The molecule has 0 radical (unpaired) electrons. The van der Waals surface area contributed by atoms with Crippen LogP contribution in [0.25, 0.3) is 0 Å². The van der Waals surface area contributed by atoms with Crippen molar-refractivity contribution < 1.29 is 4.79 Å². The number of allylic oxidation sites excluding steroid dienone is 1. The maximum atomic E-state index is 12.1. The first kappa shape index (κ1) is 22.8. The van der Waals surface area contributed by atoms with Gasteiger partial charge in [-0.15, -0.1) is 0 Å². The molecule has 4 aliphatic carbocycles. The predicted octanol–water partition coefficient (Wildman–Crippen LogP) is 5.06. The van der Waals surface area contributed by atoms with Crippen LogP contribution in [-0.2, 0) is 4.79 Å². The Hall–Kier alpha value is -1.00. The lowest BCUT2D eigenvalue weighted by Gasteiger charge is -2.63. The van der Waals surface area contributed by atoms with Crippen LogP contribution in [0.5, 0.6) is 0 Å². The molecule has 5 aliphatic rings. The molecular formula is C28H45N3O. The van der Waals surface area contributed by atoms with Gasteiger partial charge in [0.25, 0.3) is 0 Å². The second-order valence-electron chi connectivity index (χ2n) is 12.7. The van der Waals surface area contributed by atoms with Crippen molar-refractivity contribution in [2.75, 3.05) is 13.1 Å². The van der Waals surface area contributed by atoms with Gasteiger partial charge in [0.1, 0.15) is 0 Å². The lowest BCUT2D eigenvalue weighted by molar-refractivity contribution is -0.118. The van der Waals surface area contributed by atoms with Gasteiger partial charge in [-0.25, -0.2) is 0 Å². The van der Waals surface area contributed by atoms with Crippen LogP contribution in [0, 0.1) is 34.5 Å². The molecule has 1 aliphatic heterocycles. The van der Waals surface area contributed by atoms with Gasteiger partial charge >= 0.3 is 0 Å². The summed E-state index contributed by atoms with van der Waals surface area (Å²) >= 11 is 0. The highest BCUT2D eigenvalue weighted by atomic mass is 16.1. The molecule has 1 saturated heterocycles. The second kappa shape index (κ2) is 8.05. The molecule has 0 aromatic rings. The van der Waals surface area contributed by atoms with E-state index >= 15 is 0 Å². The maximum Gasteiger partial charge on any atom is 0.155 e. The van der Waals surface area contributed by atoms with Gasteiger partial charge in [0.15, 0.2) is 5.78 Å². The third-order valence-electron chi connectivity index (χ3n) is 10.9. The minimum atomic E-state index is -0.0849. The standard InChI is InChI=1S/C28H45N3O/c1-18-15-21(31-17-18)10-14-30-19(2)23-5-6-24-27(23,4)12-9-25-26(3)11-8-22(32)16-20(26)7-13-28(24,25)29/h16,18,21,23-25,31H,5-15,17,29H2,1-4H3. The summed E-state index contributed by atoms with van der Waals surface area (Å²) in [5, 5.41) is 3.66. The minimum absolute atomic E-state index is 0.0849. The van der Waals surface area contributed by atoms with Crippen LogP contribution < -0.4 is 11.1 Å². The van der Waals surface area contributed by atoms with Gasteiger partial charge in [-0.1, -0.05) is 26.3 Å². The average molecular weight is 440 g/mol. The fourth-order valence-electron chi connectivity index (χ4n) is 9.21. The van der Waals surface area contributed by atoms with E-state index < -0.39 is 0 Å². The Balaban J connectivity index is 1.32. The molecule has 0 bridgehead atoms. The van der Waals surface area contributed by atoms with Crippen molar-refractivity contribution in [2.24, 2.45) is 45.2 Å². The van der Waals surface area contributed by atoms with Crippen LogP contribution in [0.1, 0.15) is 91.9 Å². The Morgan fingerprint density at radius 2 is 1.97 bits per heavy atom. The van der Waals surface area contributed by atoms with Gasteiger partial charge < -0.3 is 11.1 Å². The van der Waals surface area contributed by atoms with Crippen molar-refractivity contribution in [3.8, 4) is 0 Å². The summed E-state index contributed by atoms with van der Waals surface area (Å²) in [6, 6.07) is 0.656. The SMILES string of the molecule is CC(=NCCC1CC(C)CN1)C1CCC2C1(C)CCC1C3(C)CCC(=O)C=C3CCC12N. The van der Waals surface area contributed by atoms with E-state index in [1.165, 1.54) is 56.4 Å². The number of carbonyl (C=O) groups excluding carboxylic acids is 1. The molecule has 3 saturated carbocycles. The van der Waals surface area contributed by atoms with E-state index in [0.29, 0.717) is 36.0 Å². The topological polar surface area (TPSA) is 67.5 Å². The summed E-state index contributed by atoms with van der Waals surface area (Å²) in [4.78, 5) is 17.2. The number of carbonyl (C=O) groups is 1. The fourth-order valence-corrected chi connectivity index (χ4v) is 9.21. The smallest absolute Gasteiger partial charge is 0.155 e. The van der Waals surface area contributed by atoms with Crippen LogP contribution in [0.15, 0.2) is 16.6 Å². The van der Waals surface area contributed by atoms with Crippen LogP contribution in [0.2, 0.25) is 0 Å². The van der Waals surface area contributed by atoms with E-state index in [4.69, 9.17) is 10.7 Å². The van der Waals surface area contributed by atoms with Crippen molar-refractivity contribution in [2.45, 2.75) is 103 Å². The van der Waals surface area contributed by atoms with Crippen molar-refractivity contribution >= 4 is 11.5 Å². The molecule has 0 aromatic carbocycles. The summed E-state index contributed by atoms with van der Waals surface area (Å²) in [7, 11) is 0. The first-order valence-corrected chi connectivity index (χ1v) is 13.4. The number of rotatable bonds is 4. The summed E-state index contributed by atoms with van der Waals surface area (Å²) in [5.74, 6) is 2.83. The monoisotopic (exact) mass is 439 g/mol. The number of ketones is 1. The highest BCUT2D eigenvalue weighted by Gasteiger charge is 2.64. The van der Waals surface area contributed by atoms with E-state index in [0.717, 1.165) is 31.7 Å². The molecule has 8 unspecified atom stereocenters. The van der Waals surface area contributed by atoms with Crippen LogP contribution in [0.3, 0.4) is 0 Å². The summed E-state index contributed by atoms with van der Waals surface area (Å²) in [5.41, 5.74) is 10.6. The van der Waals surface area contributed by atoms with E-state index in [2.05, 4.69) is 33.0 Å². The molecule has 4 heteroatoms. The average Bonchev–Trinajstić information content (AvgIpc) is 3.32. The molecule has 4 fully saturated rings. The molecule has 1 heterocycles. The van der Waals surface area contributed by atoms with E-state index in [1.807, 2.05) is 6.08 Å². The van der Waals surface area contributed by atoms with Crippen molar-refractivity contribution in [3.63, 3.8) is 0 Å². The molecule has 5 rings (SSSR count). The molecule has 3 N–H and O–H groups in total. The number of fused-ring (bicyclic) bond motifs is 5. The summed E-state index contributed by atoms with van der Waals surface area (Å²) in [6.45, 7) is 11.7. The van der Waals surface area contributed by atoms with Crippen molar-refractivity contribution in [1.82, 2.24) is 5.32 Å². The second-order valence-corrected chi connectivity index (χ2v) is 12.7. The Kier molecular flexibility index (Phi) is 5.73. The number of nitrogens with two attached hydrogens (primary N) is 1. The highest BCUT2D eigenvalue weighted by molar-refractivity contribution is 5.91. The van der Waals surface area contributed by atoms with Crippen LogP contribution in [0.4, 0.5) is 0 Å². The number of hydrogen-bond acceptors (Lipinski definition) is 4. The van der Waals surface area contributed by atoms with Gasteiger partial charge in [0, 0.05) is 36.2 Å². The zero-order valence-corrected chi connectivity index (χ0v) is 20.9. The molecule has 0 spiro atoms. The fraction of sp³-hybridized carbons (Fsp3) is 0.857. The Morgan fingerprint density at radius 1 is 1.16 bits per heavy atom. The lowest BCUT2D eigenvalue weighted by atomic mass is 9.43. The molecule has 178 valence electrons.